The van der Waals surface area contributed by atoms with Crippen LogP contribution in [0.25, 0.3) is 0 Å². The van der Waals surface area contributed by atoms with Gasteiger partial charge in [-0.1, -0.05) is 18.2 Å². The van der Waals surface area contributed by atoms with Crippen molar-refractivity contribution in [3.05, 3.63) is 69.8 Å². The number of nitro benzene ring substituents is 1. The molecule has 0 unspecified atom stereocenters. The van der Waals surface area contributed by atoms with Crippen molar-refractivity contribution in [1.82, 2.24) is 16.2 Å². The fourth-order valence-corrected chi connectivity index (χ4v) is 3.32. The molecule has 0 atom stereocenters. The van der Waals surface area contributed by atoms with Crippen molar-refractivity contribution in [3.63, 3.8) is 0 Å². The first-order valence-corrected chi connectivity index (χ1v) is 9.87. The standard InChI is InChI=1S/C21H23N5O5/c27-19(11-12-22-21(29)16-7-9-17(10-8-16)26(30)31)23-24-20(28)14-25-13-3-5-15-4-1-2-6-18(15)25/h1-2,4,6-10H,3,5,11-14H2,(H,22,29)(H,23,27)(H,24,28). The van der Waals surface area contributed by atoms with Crippen LogP contribution in [0.3, 0.4) is 0 Å². The van der Waals surface area contributed by atoms with E-state index in [0.717, 1.165) is 25.1 Å². The Morgan fingerprint density at radius 1 is 1.00 bits per heavy atom. The number of fused-ring (bicyclic) bond motifs is 1. The Morgan fingerprint density at radius 2 is 1.71 bits per heavy atom. The van der Waals surface area contributed by atoms with Gasteiger partial charge in [0.15, 0.2) is 0 Å². The number of hydrogen-bond acceptors (Lipinski definition) is 6. The van der Waals surface area contributed by atoms with Crippen molar-refractivity contribution < 1.29 is 19.3 Å². The number of benzene rings is 2. The lowest BCUT2D eigenvalue weighted by atomic mass is 10.0. The molecule has 1 heterocycles. The van der Waals surface area contributed by atoms with E-state index < -0.39 is 16.7 Å². The van der Waals surface area contributed by atoms with E-state index in [4.69, 9.17) is 0 Å². The second-order valence-electron chi connectivity index (χ2n) is 7.06. The van der Waals surface area contributed by atoms with Crippen molar-refractivity contribution >= 4 is 29.1 Å². The van der Waals surface area contributed by atoms with Crippen LogP contribution >= 0.6 is 0 Å². The number of hydrazine groups is 1. The zero-order valence-corrected chi connectivity index (χ0v) is 16.8. The summed E-state index contributed by atoms with van der Waals surface area (Å²) in [5.41, 5.74) is 7.10. The molecule has 162 valence electrons. The van der Waals surface area contributed by atoms with Gasteiger partial charge in [-0.25, -0.2) is 0 Å². The summed E-state index contributed by atoms with van der Waals surface area (Å²) < 4.78 is 0. The Morgan fingerprint density at radius 3 is 2.45 bits per heavy atom. The predicted molar refractivity (Wildman–Crippen MR) is 113 cm³/mol. The summed E-state index contributed by atoms with van der Waals surface area (Å²) in [7, 11) is 0. The van der Waals surface area contributed by atoms with Crippen LogP contribution in [0.1, 0.15) is 28.8 Å². The summed E-state index contributed by atoms with van der Waals surface area (Å²) in [4.78, 5) is 48.2. The number of anilines is 1. The quantitative estimate of drug-likeness (QED) is 0.452. The van der Waals surface area contributed by atoms with Crippen LogP contribution in [-0.2, 0) is 16.0 Å². The number of nitro groups is 1. The molecule has 3 rings (SSSR count). The van der Waals surface area contributed by atoms with Gasteiger partial charge in [0.2, 0.25) is 5.91 Å². The number of rotatable bonds is 7. The highest BCUT2D eigenvalue weighted by atomic mass is 16.6. The Balaban J connectivity index is 1.37. The molecule has 1 aliphatic rings. The Bertz CT molecular complexity index is 976. The van der Waals surface area contributed by atoms with Crippen LogP contribution in [0.5, 0.6) is 0 Å². The van der Waals surface area contributed by atoms with Gasteiger partial charge in [-0.05, 0) is 36.6 Å². The third kappa shape index (κ3) is 6.01. The monoisotopic (exact) mass is 425 g/mol. The molecule has 3 N–H and O–H groups in total. The number of carbonyl (C=O) groups excluding carboxylic acids is 3. The fourth-order valence-electron chi connectivity index (χ4n) is 3.32. The molecule has 0 fully saturated rings. The van der Waals surface area contributed by atoms with E-state index >= 15 is 0 Å². The van der Waals surface area contributed by atoms with Crippen molar-refractivity contribution in [2.75, 3.05) is 24.5 Å². The zero-order chi connectivity index (χ0) is 22.2. The van der Waals surface area contributed by atoms with E-state index in [1.54, 1.807) is 0 Å². The molecule has 0 bridgehead atoms. The van der Waals surface area contributed by atoms with E-state index in [9.17, 15) is 24.5 Å². The van der Waals surface area contributed by atoms with Gasteiger partial charge < -0.3 is 10.2 Å². The first-order valence-electron chi connectivity index (χ1n) is 9.87. The summed E-state index contributed by atoms with van der Waals surface area (Å²) in [5.74, 6) is -1.23. The van der Waals surface area contributed by atoms with Crippen molar-refractivity contribution in [1.29, 1.82) is 0 Å². The van der Waals surface area contributed by atoms with Gasteiger partial charge in [0.25, 0.3) is 17.5 Å². The van der Waals surface area contributed by atoms with Gasteiger partial charge in [0, 0.05) is 42.9 Å². The van der Waals surface area contributed by atoms with Crippen molar-refractivity contribution in [2.45, 2.75) is 19.3 Å². The van der Waals surface area contributed by atoms with Gasteiger partial charge in [0.05, 0.1) is 11.5 Å². The molecule has 10 nitrogen and oxygen atoms in total. The maximum Gasteiger partial charge on any atom is 0.269 e. The molecule has 0 saturated heterocycles. The van der Waals surface area contributed by atoms with Gasteiger partial charge in [-0.3, -0.25) is 35.3 Å². The largest absolute Gasteiger partial charge is 0.362 e. The maximum atomic E-state index is 12.2. The number of nitrogens with zero attached hydrogens (tertiary/aromatic N) is 2. The second-order valence-corrected chi connectivity index (χ2v) is 7.06. The van der Waals surface area contributed by atoms with E-state index in [1.807, 2.05) is 29.2 Å². The Hall–Kier alpha value is -3.95. The number of para-hydroxylation sites is 1. The summed E-state index contributed by atoms with van der Waals surface area (Å²) >= 11 is 0. The average molecular weight is 425 g/mol. The normalized spacial score (nSPS) is 12.5. The molecule has 0 spiro atoms. The molecule has 3 amide bonds. The molecular formula is C21H23N5O5. The molecule has 0 aliphatic carbocycles. The third-order valence-electron chi connectivity index (χ3n) is 4.86. The second kappa shape index (κ2) is 10.2. The van der Waals surface area contributed by atoms with Crippen LogP contribution in [0.15, 0.2) is 48.5 Å². The van der Waals surface area contributed by atoms with Crippen LogP contribution in [0.2, 0.25) is 0 Å². The zero-order valence-electron chi connectivity index (χ0n) is 16.8. The fraction of sp³-hybridized carbons (Fsp3) is 0.286. The molecule has 2 aromatic rings. The lowest BCUT2D eigenvalue weighted by molar-refractivity contribution is -0.384. The SMILES string of the molecule is O=C(CCNC(=O)c1ccc([N+](=O)[O-])cc1)NNC(=O)CN1CCCc2ccccc21. The molecule has 1 aliphatic heterocycles. The molecule has 0 saturated carbocycles. The molecule has 10 heteroatoms. The molecule has 0 aromatic heterocycles. The highest BCUT2D eigenvalue weighted by Crippen LogP contribution is 2.26. The summed E-state index contributed by atoms with van der Waals surface area (Å²) in [6.45, 7) is 0.957. The van der Waals surface area contributed by atoms with E-state index in [1.165, 1.54) is 29.8 Å². The molecule has 2 aromatic carbocycles. The minimum atomic E-state index is -0.551. The lowest BCUT2D eigenvalue weighted by Gasteiger charge is -2.30. The van der Waals surface area contributed by atoms with Crippen LogP contribution in [0.4, 0.5) is 11.4 Å². The number of nitrogens with one attached hydrogen (secondary N) is 3. The summed E-state index contributed by atoms with van der Waals surface area (Å²) in [6.07, 6.45) is 1.91. The predicted octanol–water partition coefficient (Wildman–Crippen LogP) is 1.31. The van der Waals surface area contributed by atoms with Crippen molar-refractivity contribution in [3.8, 4) is 0 Å². The number of amides is 3. The van der Waals surface area contributed by atoms with Crippen LogP contribution in [-0.4, -0.2) is 42.3 Å². The summed E-state index contributed by atoms with van der Waals surface area (Å²) in [6, 6.07) is 13.1. The van der Waals surface area contributed by atoms with Crippen LogP contribution in [0, 0.1) is 10.1 Å². The molecule has 0 radical (unpaired) electrons. The highest BCUT2D eigenvalue weighted by Gasteiger charge is 2.18. The first kappa shape index (κ1) is 21.8. The highest BCUT2D eigenvalue weighted by molar-refractivity contribution is 5.94. The number of non-ortho nitro benzene ring substituents is 1. The average Bonchev–Trinajstić information content (AvgIpc) is 2.78. The molecular weight excluding hydrogens is 402 g/mol. The van der Waals surface area contributed by atoms with Crippen LogP contribution < -0.4 is 21.1 Å². The van der Waals surface area contributed by atoms with Gasteiger partial charge in [-0.15, -0.1) is 0 Å². The third-order valence-corrected chi connectivity index (χ3v) is 4.86. The first-order chi connectivity index (χ1) is 14.9. The maximum absolute atomic E-state index is 12.2. The number of carbonyl (C=O) groups is 3. The number of aryl methyl sites for hydroxylation is 1. The van der Waals surface area contributed by atoms with Crippen molar-refractivity contribution in [2.24, 2.45) is 0 Å². The van der Waals surface area contributed by atoms with Gasteiger partial charge in [0.1, 0.15) is 0 Å². The lowest BCUT2D eigenvalue weighted by Crippen LogP contribution is -2.47. The van der Waals surface area contributed by atoms with E-state index in [-0.39, 0.29) is 36.7 Å². The Labute approximate surface area is 178 Å². The molecule has 31 heavy (non-hydrogen) atoms. The summed E-state index contributed by atoms with van der Waals surface area (Å²) in [5, 5.41) is 13.2. The minimum absolute atomic E-state index is 0.0362. The van der Waals surface area contributed by atoms with Gasteiger partial charge >= 0.3 is 0 Å². The number of hydrogen-bond donors (Lipinski definition) is 3. The minimum Gasteiger partial charge on any atom is -0.362 e. The topological polar surface area (TPSA) is 134 Å². The van der Waals surface area contributed by atoms with Gasteiger partial charge in [-0.2, -0.15) is 0 Å². The van der Waals surface area contributed by atoms with E-state index in [2.05, 4.69) is 16.2 Å². The van der Waals surface area contributed by atoms with E-state index in [0.29, 0.717) is 0 Å². The Kier molecular flexibility index (Phi) is 7.15. The smallest absolute Gasteiger partial charge is 0.269 e.